The number of carbonyl (C=O) groups is 3. The van der Waals surface area contributed by atoms with E-state index in [4.69, 9.17) is 9.26 Å². The highest BCUT2D eigenvalue weighted by Gasteiger charge is 2.41. The molecule has 2 saturated heterocycles. The van der Waals surface area contributed by atoms with Crippen LogP contribution < -0.4 is 10.2 Å². The summed E-state index contributed by atoms with van der Waals surface area (Å²) < 4.78 is 11.2. The van der Waals surface area contributed by atoms with Crippen molar-refractivity contribution in [2.75, 3.05) is 37.6 Å². The largest absolute Gasteiger partial charge is 0.458 e. The smallest absolute Gasteiger partial charge is 0.329 e. The van der Waals surface area contributed by atoms with E-state index >= 15 is 0 Å². The van der Waals surface area contributed by atoms with E-state index in [1.807, 2.05) is 40.7 Å². The number of nitrogens with one attached hydrogen (secondary N) is 1. The number of nitrogens with zero attached hydrogens (tertiary/aromatic N) is 3. The lowest BCUT2D eigenvalue weighted by Crippen LogP contribution is -2.46. The second-order valence-corrected chi connectivity index (χ2v) is 11.3. The zero-order valence-corrected chi connectivity index (χ0v) is 23.9. The van der Waals surface area contributed by atoms with Gasteiger partial charge in [-0.1, -0.05) is 32.9 Å². The molecule has 2 atom stereocenters. The van der Waals surface area contributed by atoms with E-state index in [2.05, 4.69) is 29.2 Å². The Kier molecular flexibility index (Phi) is 12.1. The van der Waals surface area contributed by atoms with Crippen LogP contribution in [0, 0.1) is 11.8 Å². The third kappa shape index (κ3) is 9.13. The Hall–Kier alpha value is -2.42. The minimum absolute atomic E-state index is 0.0195. The van der Waals surface area contributed by atoms with Crippen molar-refractivity contribution in [3.63, 3.8) is 0 Å². The molecular weight excluding hydrogens is 472 g/mol. The summed E-state index contributed by atoms with van der Waals surface area (Å²) in [6, 6.07) is 1.28. The molecule has 1 aromatic rings. The van der Waals surface area contributed by atoms with Crippen LogP contribution in [0.3, 0.4) is 0 Å². The van der Waals surface area contributed by atoms with Crippen molar-refractivity contribution < 1.29 is 23.6 Å². The molecule has 2 aliphatic heterocycles. The maximum absolute atomic E-state index is 13.5. The van der Waals surface area contributed by atoms with Crippen LogP contribution >= 0.6 is 0 Å². The highest BCUT2D eigenvalue weighted by atomic mass is 16.6. The molecule has 1 N–H and O–H groups in total. The Balaban J connectivity index is 0.000000717. The molecule has 2 aliphatic rings. The fourth-order valence-electron chi connectivity index (χ4n) is 4.75. The summed E-state index contributed by atoms with van der Waals surface area (Å²) in [7, 11) is 0. The normalized spacial score (nSPS) is 19.4. The van der Waals surface area contributed by atoms with Crippen LogP contribution in [0.15, 0.2) is 10.6 Å². The predicted molar refractivity (Wildman–Crippen MR) is 144 cm³/mol. The Bertz CT molecular complexity index is 851. The molecule has 0 spiro atoms. The van der Waals surface area contributed by atoms with Gasteiger partial charge in [0.1, 0.15) is 23.8 Å². The van der Waals surface area contributed by atoms with E-state index in [1.165, 1.54) is 6.42 Å². The fraction of sp³-hybridized carbons (Fsp3) is 0.786. The standard InChI is InChI=1S/C23H35N3O5.C5H13N/c1-15(2)20(18-13-19(24-31-18)25-11-8-16(14-27)9-12-25)21(28)26-10-6-7-17(26)22(29)30-23(3,4)5;1-3-5-6-4-2/h13-17,20H,6-12H2,1-5H3;6H,3-5H2,1-2H3. The highest BCUT2D eigenvalue weighted by Crippen LogP contribution is 2.33. The maximum atomic E-state index is 13.5. The van der Waals surface area contributed by atoms with Crippen molar-refractivity contribution in [2.45, 2.75) is 98.1 Å². The third-order valence-electron chi connectivity index (χ3n) is 6.70. The maximum Gasteiger partial charge on any atom is 0.329 e. The molecular formula is C28H48N4O5. The molecule has 9 nitrogen and oxygen atoms in total. The number of aromatic nitrogens is 1. The average Bonchev–Trinajstić information content (AvgIpc) is 3.52. The average molecular weight is 521 g/mol. The van der Waals surface area contributed by atoms with Gasteiger partial charge in [-0.25, -0.2) is 4.79 Å². The van der Waals surface area contributed by atoms with Gasteiger partial charge in [-0.3, -0.25) is 4.79 Å². The lowest BCUT2D eigenvalue weighted by Gasteiger charge is -2.30. The van der Waals surface area contributed by atoms with Gasteiger partial charge in [0.15, 0.2) is 11.6 Å². The molecule has 1 aromatic heterocycles. The zero-order chi connectivity index (χ0) is 27.6. The molecule has 210 valence electrons. The highest BCUT2D eigenvalue weighted by molar-refractivity contribution is 5.89. The predicted octanol–water partition coefficient (Wildman–Crippen LogP) is 4.17. The molecule has 1 amide bonds. The van der Waals surface area contributed by atoms with Gasteiger partial charge in [0.2, 0.25) is 5.91 Å². The van der Waals surface area contributed by atoms with Crippen LogP contribution in [0.1, 0.15) is 92.2 Å². The van der Waals surface area contributed by atoms with Gasteiger partial charge in [0.05, 0.1) is 0 Å². The first-order valence-electron chi connectivity index (χ1n) is 13.9. The van der Waals surface area contributed by atoms with Gasteiger partial charge >= 0.3 is 5.97 Å². The van der Waals surface area contributed by atoms with Crippen LogP contribution in [0.25, 0.3) is 0 Å². The lowest BCUT2D eigenvalue weighted by molar-refractivity contribution is -0.163. The quantitative estimate of drug-likeness (QED) is 0.294. The van der Waals surface area contributed by atoms with E-state index in [-0.39, 0.29) is 23.7 Å². The molecule has 0 aromatic carbocycles. The van der Waals surface area contributed by atoms with Crippen molar-refractivity contribution in [2.24, 2.45) is 11.8 Å². The van der Waals surface area contributed by atoms with Gasteiger partial charge < -0.3 is 29.2 Å². The van der Waals surface area contributed by atoms with E-state index < -0.39 is 17.6 Å². The molecule has 37 heavy (non-hydrogen) atoms. The van der Waals surface area contributed by atoms with Crippen molar-refractivity contribution in [3.05, 3.63) is 11.8 Å². The number of hydrogen-bond donors (Lipinski definition) is 1. The number of likely N-dealkylation sites (tertiary alicyclic amines) is 1. The van der Waals surface area contributed by atoms with Crippen molar-refractivity contribution in [3.8, 4) is 0 Å². The third-order valence-corrected chi connectivity index (χ3v) is 6.70. The van der Waals surface area contributed by atoms with Crippen LogP contribution in [0.2, 0.25) is 0 Å². The summed E-state index contributed by atoms with van der Waals surface area (Å²) in [5, 5.41) is 7.40. The SMILES string of the molecule is CC(C)C(C(=O)N1CCCC1C(=O)OC(C)(C)C)c1cc(N2CCC(C=O)CC2)no1.CCCNCC. The van der Waals surface area contributed by atoms with E-state index in [9.17, 15) is 14.4 Å². The number of carbonyl (C=O) groups excluding carboxylic acids is 3. The summed E-state index contributed by atoms with van der Waals surface area (Å²) in [5.74, 6) is 0.312. The van der Waals surface area contributed by atoms with E-state index in [1.54, 1.807) is 4.90 Å². The molecule has 3 heterocycles. The second-order valence-electron chi connectivity index (χ2n) is 11.3. The first kappa shape index (κ1) is 30.8. The summed E-state index contributed by atoms with van der Waals surface area (Å²) in [6.45, 7) is 18.0. The van der Waals surface area contributed by atoms with Crippen molar-refractivity contribution in [1.29, 1.82) is 0 Å². The van der Waals surface area contributed by atoms with Gasteiger partial charge in [0.25, 0.3) is 0 Å². The topological polar surface area (TPSA) is 105 Å². The number of ether oxygens (including phenoxy) is 1. The lowest BCUT2D eigenvalue weighted by atomic mass is 9.91. The first-order valence-corrected chi connectivity index (χ1v) is 13.9. The zero-order valence-electron chi connectivity index (χ0n) is 23.9. The summed E-state index contributed by atoms with van der Waals surface area (Å²) in [4.78, 5) is 40.9. The molecule has 9 heteroatoms. The van der Waals surface area contributed by atoms with Gasteiger partial charge in [-0.05, 0) is 71.9 Å². The second kappa shape index (κ2) is 14.5. The molecule has 2 unspecified atom stereocenters. The van der Waals surface area contributed by atoms with Crippen LogP contribution in [-0.4, -0.2) is 72.6 Å². The number of esters is 1. The molecule has 2 fully saturated rings. The Morgan fingerprint density at radius 2 is 1.86 bits per heavy atom. The van der Waals surface area contributed by atoms with Crippen LogP contribution in [0.5, 0.6) is 0 Å². The molecule has 0 radical (unpaired) electrons. The van der Waals surface area contributed by atoms with Gasteiger partial charge in [0, 0.05) is 31.6 Å². The monoisotopic (exact) mass is 520 g/mol. The summed E-state index contributed by atoms with van der Waals surface area (Å²) >= 11 is 0. The van der Waals surface area contributed by atoms with Crippen molar-refractivity contribution in [1.82, 2.24) is 15.4 Å². The summed E-state index contributed by atoms with van der Waals surface area (Å²) in [5.41, 5.74) is -0.594. The Morgan fingerprint density at radius 3 is 2.38 bits per heavy atom. The molecule has 0 bridgehead atoms. The molecule has 0 saturated carbocycles. The van der Waals surface area contributed by atoms with Crippen LogP contribution in [-0.2, 0) is 19.1 Å². The Morgan fingerprint density at radius 1 is 1.19 bits per heavy atom. The van der Waals surface area contributed by atoms with Crippen molar-refractivity contribution >= 4 is 24.0 Å². The van der Waals surface area contributed by atoms with E-state index in [0.717, 1.165) is 51.7 Å². The number of anilines is 1. The number of aldehydes is 1. The van der Waals surface area contributed by atoms with Crippen LogP contribution in [0.4, 0.5) is 5.82 Å². The Labute approximate surface area is 222 Å². The van der Waals surface area contributed by atoms with Gasteiger partial charge in [-0.2, -0.15) is 0 Å². The number of hydrogen-bond acceptors (Lipinski definition) is 8. The number of piperidine rings is 1. The number of rotatable bonds is 9. The number of amides is 1. The molecule has 3 rings (SSSR count). The first-order chi connectivity index (χ1) is 17.5. The fourth-order valence-corrected chi connectivity index (χ4v) is 4.75. The minimum atomic E-state index is -0.594. The minimum Gasteiger partial charge on any atom is -0.458 e. The van der Waals surface area contributed by atoms with Gasteiger partial charge in [-0.15, -0.1) is 0 Å². The molecule has 0 aliphatic carbocycles. The van der Waals surface area contributed by atoms with E-state index in [0.29, 0.717) is 24.5 Å². The summed E-state index contributed by atoms with van der Waals surface area (Å²) in [6.07, 6.45) is 5.24.